The molecule has 0 radical (unpaired) electrons. The Balaban J connectivity index is 2.32. The molecular weight excluding hydrogens is 450 g/mol. The lowest BCUT2D eigenvalue weighted by atomic mass is 9.96. The van der Waals surface area contributed by atoms with Gasteiger partial charge in [-0.15, -0.1) is 0 Å². The molecule has 35 heavy (non-hydrogen) atoms. The first-order valence-corrected chi connectivity index (χ1v) is 11.0. The van der Waals surface area contributed by atoms with Crippen LogP contribution in [0.1, 0.15) is 38.8 Å². The number of benzene rings is 2. The van der Waals surface area contributed by atoms with E-state index >= 15 is 0 Å². The zero-order valence-electron chi connectivity index (χ0n) is 20.9. The van der Waals surface area contributed by atoms with E-state index in [2.05, 4.69) is 16.7 Å². The molecule has 0 saturated carbocycles. The Kier molecular flexibility index (Phi) is 9.53. The third-order valence-electron chi connectivity index (χ3n) is 4.56. The van der Waals surface area contributed by atoms with E-state index in [4.69, 9.17) is 18.9 Å². The van der Waals surface area contributed by atoms with Crippen molar-refractivity contribution in [2.24, 2.45) is 0 Å². The van der Waals surface area contributed by atoms with Crippen LogP contribution in [-0.4, -0.2) is 45.0 Å². The number of anilines is 1. The summed E-state index contributed by atoms with van der Waals surface area (Å²) in [6.07, 6.45) is 0.715. The van der Waals surface area contributed by atoms with E-state index < -0.39 is 17.6 Å². The smallest absolute Gasteiger partial charge is 0.408 e. The maximum Gasteiger partial charge on any atom is 0.408 e. The number of carbonyl (C=O) groups is 2. The number of hydrogen-bond acceptors (Lipinski definition) is 7. The Hall–Kier alpha value is -4.19. The number of rotatable bonds is 9. The summed E-state index contributed by atoms with van der Waals surface area (Å²) in [4.78, 5) is 24.3. The molecule has 186 valence electrons. The van der Waals surface area contributed by atoms with Gasteiger partial charge in [0.15, 0.2) is 11.5 Å². The number of nitriles is 1. The van der Waals surface area contributed by atoms with Crippen LogP contribution in [0.5, 0.6) is 17.2 Å². The molecule has 9 heteroatoms. The van der Waals surface area contributed by atoms with Crippen molar-refractivity contribution in [3.8, 4) is 23.3 Å². The second kappa shape index (κ2) is 12.3. The number of hydrogen-bond donors (Lipinski definition) is 2. The Labute approximate surface area is 205 Å². The van der Waals surface area contributed by atoms with E-state index in [1.807, 2.05) is 13.0 Å². The summed E-state index contributed by atoms with van der Waals surface area (Å²) in [5.41, 5.74) is 1.70. The molecule has 0 saturated heterocycles. The van der Waals surface area contributed by atoms with Crippen LogP contribution in [0.2, 0.25) is 0 Å². The van der Waals surface area contributed by atoms with Crippen LogP contribution in [0.25, 0.3) is 5.57 Å². The molecule has 0 aliphatic carbocycles. The Morgan fingerprint density at radius 3 is 2.20 bits per heavy atom. The average Bonchev–Trinajstić information content (AvgIpc) is 2.80. The summed E-state index contributed by atoms with van der Waals surface area (Å²) < 4.78 is 21.5. The molecule has 0 aromatic heterocycles. The van der Waals surface area contributed by atoms with E-state index in [-0.39, 0.29) is 6.54 Å². The lowest BCUT2D eigenvalue weighted by Crippen LogP contribution is -2.37. The molecule has 0 spiro atoms. The van der Waals surface area contributed by atoms with Crippen LogP contribution < -0.4 is 24.8 Å². The second-order valence-corrected chi connectivity index (χ2v) is 8.30. The minimum atomic E-state index is -0.697. The van der Waals surface area contributed by atoms with Gasteiger partial charge in [0, 0.05) is 6.08 Å². The second-order valence-electron chi connectivity index (χ2n) is 8.30. The maximum atomic E-state index is 12.5. The van der Waals surface area contributed by atoms with E-state index in [9.17, 15) is 14.9 Å². The molecule has 0 heterocycles. The standard InChI is InChI=1S/C26H31N3O6/c1-7-34-23-15-18(9-11-22(23)33-6)19(12-13-27)17-8-10-21(32-5)20(14-17)29-24(30)16-28-25(31)35-26(2,3)4/h8-12,14-15H,7,16H2,1-6H3,(H,28,31)(H,29,30). The van der Waals surface area contributed by atoms with Gasteiger partial charge in [0.25, 0.3) is 0 Å². The predicted molar refractivity (Wildman–Crippen MR) is 133 cm³/mol. The molecule has 0 bridgehead atoms. The van der Waals surface area contributed by atoms with Gasteiger partial charge in [0.1, 0.15) is 17.9 Å². The van der Waals surface area contributed by atoms with Crippen molar-refractivity contribution in [1.29, 1.82) is 5.26 Å². The molecule has 0 atom stereocenters. The van der Waals surface area contributed by atoms with Crippen molar-refractivity contribution >= 4 is 23.3 Å². The molecule has 2 rings (SSSR count). The van der Waals surface area contributed by atoms with Gasteiger partial charge < -0.3 is 29.6 Å². The fourth-order valence-corrected chi connectivity index (χ4v) is 3.14. The SMILES string of the molecule is CCOc1cc(C(=CC#N)c2ccc(OC)c(NC(=O)CNC(=O)OC(C)(C)C)c2)ccc1OC. The summed E-state index contributed by atoms with van der Waals surface area (Å²) in [5, 5.41) is 14.6. The van der Waals surface area contributed by atoms with Gasteiger partial charge in [-0.2, -0.15) is 5.26 Å². The van der Waals surface area contributed by atoms with Gasteiger partial charge in [-0.3, -0.25) is 4.79 Å². The predicted octanol–water partition coefficient (Wildman–Crippen LogP) is 4.52. The third kappa shape index (κ3) is 7.96. The highest BCUT2D eigenvalue weighted by molar-refractivity contribution is 5.96. The van der Waals surface area contributed by atoms with Gasteiger partial charge in [0.05, 0.1) is 32.6 Å². The molecular formula is C26H31N3O6. The number of alkyl carbamates (subject to hydrolysis) is 1. The van der Waals surface area contributed by atoms with Crippen molar-refractivity contribution in [2.45, 2.75) is 33.3 Å². The highest BCUT2D eigenvalue weighted by atomic mass is 16.6. The molecule has 2 aromatic rings. The minimum absolute atomic E-state index is 0.292. The quantitative estimate of drug-likeness (QED) is 0.505. The van der Waals surface area contributed by atoms with E-state index in [0.717, 1.165) is 5.56 Å². The van der Waals surface area contributed by atoms with Crippen LogP contribution in [0.3, 0.4) is 0 Å². The van der Waals surface area contributed by atoms with Crippen molar-refractivity contribution in [3.05, 3.63) is 53.6 Å². The fourth-order valence-electron chi connectivity index (χ4n) is 3.14. The summed E-state index contributed by atoms with van der Waals surface area (Å²) in [5.74, 6) is 1.07. The van der Waals surface area contributed by atoms with Gasteiger partial charge in [-0.05, 0) is 68.7 Å². The van der Waals surface area contributed by atoms with Crippen molar-refractivity contribution in [3.63, 3.8) is 0 Å². The monoisotopic (exact) mass is 481 g/mol. The molecule has 2 amide bonds. The number of allylic oxidation sites excluding steroid dienone is 1. The first-order valence-electron chi connectivity index (χ1n) is 11.0. The van der Waals surface area contributed by atoms with Crippen LogP contribution in [0.15, 0.2) is 42.5 Å². The fraction of sp³-hybridized carbons (Fsp3) is 0.346. The highest BCUT2D eigenvalue weighted by Crippen LogP contribution is 2.35. The van der Waals surface area contributed by atoms with Crippen LogP contribution in [0, 0.1) is 11.3 Å². The topological polar surface area (TPSA) is 119 Å². The molecule has 2 N–H and O–H groups in total. The highest BCUT2D eigenvalue weighted by Gasteiger charge is 2.18. The maximum absolute atomic E-state index is 12.5. The Morgan fingerprint density at radius 2 is 1.63 bits per heavy atom. The van der Waals surface area contributed by atoms with Crippen LogP contribution in [-0.2, 0) is 9.53 Å². The zero-order chi connectivity index (χ0) is 26.0. The number of ether oxygens (including phenoxy) is 4. The molecule has 9 nitrogen and oxygen atoms in total. The van der Waals surface area contributed by atoms with Gasteiger partial charge in [0.2, 0.25) is 5.91 Å². The average molecular weight is 482 g/mol. The molecule has 0 fully saturated rings. The zero-order valence-corrected chi connectivity index (χ0v) is 20.9. The van der Waals surface area contributed by atoms with Gasteiger partial charge in [-0.1, -0.05) is 12.1 Å². The van der Waals surface area contributed by atoms with E-state index in [0.29, 0.717) is 40.7 Å². The van der Waals surface area contributed by atoms with Crippen molar-refractivity contribution < 1.29 is 28.5 Å². The molecule has 0 unspecified atom stereocenters. The van der Waals surface area contributed by atoms with Crippen LogP contribution in [0.4, 0.5) is 10.5 Å². The first kappa shape index (κ1) is 27.1. The lowest BCUT2D eigenvalue weighted by molar-refractivity contribution is -0.115. The van der Waals surface area contributed by atoms with E-state index in [1.165, 1.54) is 13.2 Å². The number of methoxy groups -OCH3 is 2. The Morgan fingerprint density at radius 1 is 1.00 bits per heavy atom. The Bertz CT molecular complexity index is 1130. The van der Waals surface area contributed by atoms with Crippen LogP contribution >= 0.6 is 0 Å². The number of amides is 2. The lowest BCUT2D eigenvalue weighted by Gasteiger charge is -2.19. The molecule has 0 aliphatic heterocycles. The largest absolute Gasteiger partial charge is 0.495 e. The van der Waals surface area contributed by atoms with Crippen molar-refractivity contribution in [2.75, 3.05) is 32.7 Å². The van der Waals surface area contributed by atoms with Gasteiger partial charge in [-0.25, -0.2) is 4.79 Å². The minimum Gasteiger partial charge on any atom is -0.495 e. The summed E-state index contributed by atoms with van der Waals surface area (Å²) in [6, 6.07) is 12.6. The van der Waals surface area contributed by atoms with Gasteiger partial charge >= 0.3 is 6.09 Å². The van der Waals surface area contributed by atoms with Crippen molar-refractivity contribution in [1.82, 2.24) is 5.32 Å². The normalized spacial score (nSPS) is 11.2. The number of nitrogens with one attached hydrogen (secondary N) is 2. The molecule has 2 aromatic carbocycles. The summed E-state index contributed by atoms with van der Waals surface area (Å²) >= 11 is 0. The first-order chi connectivity index (χ1) is 16.6. The number of nitrogens with zero attached hydrogens (tertiary/aromatic N) is 1. The summed E-state index contributed by atoms with van der Waals surface area (Å²) in [7, 11) is 3.03. The van der Waals surface area contributed by atoms with E-state index in [1.54, 1.807) is 58.2 Å². The third-order valence-corrected chi connectivity index (χ3v) is 4.56. The molecule has 0 aliphatic rings. The summed E-state index contributed by atoms with van der Waals surface area (Å²) in [6.45, 7) is 7.22. The number of carbonyl (C=O) groups excluding carboxylic acids is 2.